The van der Waals surface area contributed by atoms with E-state index in [0.717, 1.165) is 50.7 Å². The van der Waals surface area contributed by atoms with E-state index in [1.807, 2.05) is 11.8 Å². The number of nitrogens with zero attached hydrogens (tertiary/aromatic N) is 4. The summed E-state index contributed by atoms with van der Waals surface area (Å²) in [4.78, 5) is 25.7. The van der Waals surface area contributed by atoms with E-state index in [1.54, 1.807) is 12.4 Å². The van der Waals surface area contributed by atoms with E-state index < -0.39 is 0 Å². The van der Waals surface area contributed by atoms with Gasteiger partial charge >= 0.3 is 0 Å². The average molecular weight is 330 g/mol. The summed E-state index contributed by atoms with van der Waals surface area (Å²) in [5, 5.41) is 0. The second-order valence-corrected chi connectivity index (χ2v) is 7.33. The van der Waals surface area contributed by atoms with Crippen molar-refractivity contribution in [1.29, 1.82) is 0 Å². The lowest BCUT2D eigenvalue weighted by Crippen LogP contribution is -2.51. The lowest BCUT2D eigenvalue weighted by molar-refractivity contribution is -0.0727. The first-order valence-corrected chi connectivity index (χ1v) is 9.14. The molecule has 24 heavy (non-hydrogen) atoms. The molecule has 2 saturated heterocycles. The van der Waals surface area contributed by atoms with Gasteiger partial charge in [0.25, 0.3) is 5.91 Å². The Hall–Kier alpha value is -1.53. The molecule has 1 aromatic rings. The van der Waals surface area contributed by atoms with Gasteiger partial charge in [-0.15, -0.1) is 0 Å². The Morgan fingerprint density at radius 2 is 2.00 bits per heavy atom. The molecule has 1 aromatic heterocycles. The molecule has 3 aliphatic rings. The summed E-state index contributed by atoms with van der Waals surface area (Å²) in [5.41, 5.74) is 1.28. The van der Waals surface area contributed by atoms with Crippen LogP contribution in [0.2, 0.25) is 0 Å². The van der Waals surface area contributed by atoms with Gasteiger partial charge in [-0.3, -0.25) is 14.7 Å². The molecule has 0 aromatic carbocycles. The third kappa shape index (κ3) is 3.44. The maximum atomic E-state index is 12.7. The maximum absolute atomic E-state index is 12.7. The standard InChI is InChI=1S/C18H26N4O2/c1-13-10-20-15(11-19-13)18(23)21-6-4-16-17(5-7-21)24-9-8-22(16)12-14-2-3-14/h10-11,14,16-17H,2-9,12H2,1H3. The van der Waals surface area contributed by atoms with Crippen molar-refractivity contribution in [2.45, 2.75) is 44.8 Å². The first-order valence-electron chi connectivity index (χ1n) is 9.14. The van der Waals surface area contributed by atoms with Gasteiger partial charge in [-0.2, -0.15) is 0 Å². The molecule has 2 aliphatic heterocycles. The van der Waals surface area contributed by atoms with Crippen LogP contribution in [0.5, 0.6) is 0 Å². The highest BCUT2D eigenvalue weighted by Gasteiger charge is 2.38. The lowest BCUT2D eigenvalue weighted by atomic mass is 10.0. The molecule has 0 radical (unpaired) electrons. The summed E-state index contributed by atoms with van der Waals surface area (Å²) in [6.07, 6.45) is 8.17. The predicted molar refractivity (Wildman–Crippen MR) is 89.7 cm³/mol. The van der Waals surface area contributed by atoms with Crippen LogP contribution in [0.4, 0.5) is 0 Å². The number of aryl methyl sites for hydroxylation is 1. The average Bonchev–Trinajstić information content (AvgIpc) is 3.41. The fourth-order valence-electron chi connectivity index (χ4n) is 3.89. The van der Waals surface area contributed by atoms with Crippen LogP contribution in [0.3, 0.4) is 0 Å². The third-order valence-corrected chi connectivity index (χ3v) is 5.46. The zero-order chi connectivity index (χ0) is 16.5. The number of carbonyl (C=O) groups excluding carboxylic acids is 1. The van der Waals surface area contributed by atoms with Gasteiger partial charge in [0, 0.05) is 38.4 Å². The number of hydrogen-bond donors (Lipinski definition) is 0. The minimum absolute atomic E-state index is 0.00473. The minimum Gasteiger partial charge on any atom is -0.375 e. The molecule has 4 rings (SSSR count). The zero-order valence-corrected chi connectivity index (χ0v) is 14.4. The molecule has 1 saturated carbocycles. The number of fused-ring (bicyclic) bond motifs is 1. The van der Waals surface area contributed by atoms with Crippen molar-refractivity contribution in [3.8, 4) is 0 Å². The van der Waals surface area contributed by atoms with Crippen molar-refractivity contribution < 1.29 is 9.53 Å². The zero-order valence-electron chi connectivity index (χ0n) is 14.4. The second kappa shape index (κ2) is 6.76. The van der Waals surface area contributed by atoms with Crippen LogP contribution < -0.4 is 0 Å². The number of hydrogen-bond acceptors (Lipinski definition) is 5. The number of carbonyl (C=O) groups is 1. The van der Waals surface area contributed by atoms with Gasteiger partial charge in [0.15, 0.2) is 0 Å². The molecule has 3 fully saturated rings. The first kappa shape index (κ1) is 16.0. The Kier molecular flexibility index (Phi) is 4.50. The normalized spacial score (nSPS) is 28.3. The molecule has 0 spiro atoms. The molecular weight excluding hydrogens is 304 g/mol. The van der Waals surface area contributed by atoms with Crippen LogP contribution >= 0.6 is 0 Å². The SMILES string of the molecule is Cc1cnc(C(=O)N2CCC3OCCN(CC4CC4)C3CC2)cn1. The van der Waals surface area contributed by atoms with Crippen LogP contribution in [-0.2, 0) is 4.74 Å². The quantitative estimate of drug-likeness (QED) is 0.841. The van der Waals surface area contributed by atoms with E-state index >= 15 is 0 Å². The summed E-state index contributed by atoms with van der Waals surface area (Å²) in [6, 6.07) is 0.459. The van der Waals surface area contributed by atoms with Crippen molar-refractivity contribution in [2.75, 3.05) is 32.8 Å². The van der Waals surface area contributed by atoms with Crippen LogP contribution in [0, 0.1) is 12.8 Å². The number of likely N-dealkylation sites (tertiary alicyclic amines) is 1. The van der Waals surface area contributed by atoms with Gasteiger partial charge < -0.3 is 9.64 Å². The molecule has 0 bridgehead atoms. The number of aromatic nitrogens is 2. The van der Waals surface area contributed by atoms with Gasteiger partial charge in [0.1, 0.15) is 5.69 Å². The molecule has 2 unspecified atom stereocenters. The highest BCUT2D eigenvalue weighted by atomic mass is 16.5. The summed E-state index contributed by atoms with van der Waals surface area (Å²) in [7, 11) is 0. The van der Waals surface area contributed by atoms with Crippen LogP contribution in [0.15, 0.2) is 12.4 Å². The summed E-state index contributed by atoms with van der Waals surface area (Å²) >= 11 is 0. The van der Waals surface area contributed by atoms with Crippen molar-refractivity contribution in [3.63, 3.8) is 0 Å². The van der Waals surface area contributed by atoms with Crippen molar-refractivity contribution in [2.24, 2.45) is 5.92 Å². The van der Waals surface area contributed by atoms with Crippen molar-refractivity contribution in [1.82, 2.24) is 19.8 Å². The molecule has 6 heteroatoms. The number of ether oxygens (including phenoxy) is 1. The molecule has 0 N–H and O–H groups in total. The predicted octanol–water partition coefficient (Wildman–Crippen LogP) is 1.50. The molecular formula is C18H26N4O2. The van der Waals surface area contributed by atoms with Gasteiger partial charge in [-0.05, 0) is 38.5 Å². The number of amides is 1. The highest BCUT2D eigenvalue weighted by Crippen LogP contribution is 2.33. The van der Waals surface area contributed by atoms with Gasteiger partial charge in [-0.25, -0.2) is 4.98 Å². The Morgan fingerprint density at radius 3 is 2.75 bits per heavy atom. The minimum atomic E-state index is -0.00473. The van der Waals surface area contributed by atoms with Gasteiger partial charge in [0.05, 0.1) is 24.6 Å². The maximum Gasteiger partial charge on any atom is 0.274 e. The molecule has 1 amide bonds. The van der Waals surface area contributed by atoms with Gasteiger partial charge in [-0.1, -0.05) is 0 Å². The molecule has 1 aliphatic carbocycles. The van der Waals surface area contributed by atoms with E-state index in [-0.39, 0.29) is 12.0 Å². The van der Waals surface area contributed by atoms with Gasteiger partial charge in [0.2, 0.25) is 0 Å². The molecule has 130 valence electrons. The van der Waals surface area contributed by atoms with Crippen molar-refractivity contribution in [3.05, 3.63) is 23.8 Å². The first-order chi connectivity index (χ1) is 11.7. The van der Waals surface area contributed by atoms with Crippen molar-refractivity contribution >= 4 is 5.91 Å². The topological polar surface area (TPSA) is 58.6 Å². The fourth-order valence-corrected chi connectivity index (χ4v) is 3.89. The smallest absolute Gasteiger partial charge is 0.274 e. The monoisotopic (exact) mass is 330 g/mol. The van der Waals surface area contributed by atoms with E-state index in [9.17, 15) is 4.79 Å². The van der Waals surface area contributed by atoms with E-state index in [4.69, 9.17) is 4.74 Å². The molecule has 2 atom stereocenters. The molecule has 3 heterocycles. The van der Waals surface area contributed by atoms with Crippen LogP contribution in [0.25, 0.3) is 0 Å². The van der Waals surface area contributed by atoms with E-state index in [2.05, 4.69) is 14.9 Å². The Labute approximate surface area is 143 Å². The largest absolute Gasteiger partial charge is 0.375 e. The highest BCUT2D eigenvalue weighted by molar-refractivity contribution is 5.92. The van der Waals surface area contributed by atoms with Crippen LogP contribution in [-0.4, -0.2) is 70.6 Å². The Morgan fingerprint density at radius 1 is 1.17 bits per heavy atom. The van der Waals surface area contributed by atoms with E-state index in [0.29, 0.717) is 11.7 Å². The summed E-state index contributed by atoms with van der Waals surface area (Å²) in [5.74, 6) is 0.891. The molecule has 6 nitrogen and oxygen atoms in total. The lowest BCUT2D eigenvalue weighted by Gasteiger charge is -2.40. The number of morpholine rings is 1. The second-order valence-electron chi connectivity index (χ2n) is 7.33. The third-order valence-electron chi connectivity index (χ3n) is 5.46. The number of rotatable bonds is 3. The Balaban J connectivity index is 1.43. The summed E-state index contributed by atoms with van der Waals surface area (Å²) in [6.45, 7) is 6.47. The fraction of sp³-hybridized carbons (Fsp3) is 0.722. The Bertz CT molecular complexity index is 587. The summed E-state index contributed by atoms with van der Waals surface area (Å²) < 4.78 is 6.04. The van der Waals surface area contributed by atoms with Crippen LogP contribution in [0.1, 0.15) is 41.9 Å². The van der Waals surface area contributed by atoms with E-state index in [1.165, 1.54) is 19.4 Å².